The zero-order valence-corrected chi connectivity index (χ0v) is 17.9. The number of benzene rings is 3. The first-order chi connectivity index (χ1) is 15.1. The molecule has 0 saturated carbocycles. The van der Waals surface area contributed by atoms with Gasteiger partial charge in [0.2, 0.25) is 0 Å². The molecular formula is C25H23FN2O2S. The smallest absolute Gasteiger partial charge is 0.260 e. The third-order valence-corrected chi connectivity index (χ3v) is 5.95. The Balaban J connectivity index is 1.35. The number of thioether (sulfide) groups is 1. The Kier molecular flexibility index (Phi) is 6.57. The fraction of sp³-hybridized carbons (Fsp3) is 0.160. The molecule has 31 heavy (non-hydrogen) atoms. The maximum Gasteiger partial charge on any atom is 0.260 e. The summed E-state index contributed by atoms with van der Waals surface area (Å²) in [5.41, 5.74) is 3.43. The molecular weight excluding hydrogens is 411 g/mol. The lowest BCUT2D eigenvalue weighted by molar-refractivity contribution is -0.116. The SMILES string of the molecule is CCc1ccc(N[C@@H]2NC(=O)/C(=C/c3ccc(OCc4ccccc4F)cc3)S2)cc1. The number of anilines is 1. The highest BCUT2D eigenvalue weighted by atomic mass is 32.2. The Morgan fingerprint density at radius 2 is 1.81 bits per heavy atom. The second-order valence-corrected chi connectivity index (χ2v) is 8.27. The van der Waals surface area contributed by atoms with Crippen LogP contribution in [0.1, 0.15) is 23.6 Å². The van der Waals surface area contributed by atoms with Gasteiger partial charge in [-0.15, -0.1) is 0 Å². The zero-order chi connectivity index (χ0) is 21.6. The molecule has 0 unspecified atom stereocenters. The molecule has 1 atom stereocenters. The van der Waals surface area contributed by atoms with E-state index in [9.17, 15) is 9.18 Å². The van der Waals surface area contributed by atoms with Crippen LogP contribution in [0.5, 0.6) is 5.75 Å². The quantitative estimate of drug-likeness (QED) is 0.478. The first-order valence-corrected chi connectivity index (χ1v) is 11.0. The molecule has 0 aliphatic carbocycles. The third-order valence-electron chi connectivity index (χ3n) is 4.92. The summed E-state index contributed by atoms with van der Waals surface area (Å²) in [6, 6.07) is 22.1. The zero-order valence-electron chi connectivity index (χ0n) is 17.1. The minimum Gasteiger partial charge on any atom is -0.489 e. The number of rotatable bonds is 7. The lowest BCUT2D eigenvalue weighted by Gasteiger charge is -2.12. The van der Waals surface area contributed by atoms with Gasteiger partial charge in [0.1, 0.15) is 18.2 Å². The molecule has 3 aromatic carbocycles. The molecule has 2 N–H and O–H groups in total. The second-order valence-electron chi connectivity index (χ2n) is 7.12. The van der Waals surface area contributed by atoms with E-state index in [1.807, 2.05) is 42.5 Å². The molecule has 4 rings (SSSR count). The highest BCUT2D eigenvalue weighted by molar-refractivity contribution is 8.05. The van der Waals surface area contributed by atoms with Gasteiger partial charge in [0, 0.05) is 11.3 Å². The van der Waals surface area contributed by atoms with Crippen LogP contribution < -0.4 is 15.4 Å². The molecule has 6 heteroatoms. The maximum absolute atomic E-state index is 13.7. The molecule has 1 fully saturated rings. The first-order valence-electron chi connectivity index (χ1n) is 10.1. The van der Waals surface area contributed by atoms with Crippen LogP contribution in [0.2, 0.25) is 0 Å². The molecule has 4 nitrogen and oxygen atoms in total. The number of hydrogen-bond donors (Lipinski definition) is 2. The Labute approximate surface area is 185 Å². The Morgan fingerprint density at radius 3 is 2.52 bits per heavy atom. The predicted molar refractivity (Wildman–Crippen MR) is 124 cm³/mol. The van der Waals surface area contributed by atoms with Gasteiger partial charge in [-0.05, 0) is 54.0 Å². The predicted octanol–water partition coefficient (Wildman–Crippen LogP) is 5.57. The van der Waals surface area contributed by atoms with Crippen molar-refractivity contribution >= 4 is 29.4 Å². The molecule has 1 saturated heterocycles. The van der Waals surface area contributed by atoms with E-state index in [4.69, 9.17) is 4.74 Å². The van der Waals surface area contributed by atoms with Crippen LogP contribution in [-0.2, 0) is 17.8 Å². The lowest BCUT2D eigenvalue weighted by atomic mass is 10.1. The number of aryl methyl sites for hydroxylation is 1. The monoisotopic (exact) mass is 434 g/mol. The van der Waals surface area contributed by atoms with Crippen molar-refractivity contribution in [3.05, 3.63) is 100 Å². The number of amides is 1. The minimum absolute atomic E-state index is 0.104. The average Bonchev–Trinajstić information content (AvgIpc) is 3.13. The molecule has 1 amide bonds. The van der Waals surface area contributed by atoms with Crippen LogP contribution >= 0.6 is 11.8 Å². The number of carbonyl (C=O) groups excluding carboxylic acids is 1. The fourth-order valence-corrected chi connectivity index (χ4v) is 4.13. The molecule has 0 spiro atoms. The molecule has 1 aliphatic rings. The summed E-state index contributed by atoms with van der Waals surface area (Å²) in [4.78, 5) is 13.0. The van der Waals surface area contributed by atoms with Crippen LogP contribution in [-0.4, -0.2) is 11.4 Å². The normalized spacial score (nSPS) is 16.9. The van der Waals surface area contributed by atoms with Crippen molar-refractivity contribution in [1.82, 2.24) is 5.32 Å². The van der Waals surface area contributed by atoms with Crippen molar-refractivity contribution < 1.29 is 13.9 Å². The number of nitrogens with one attached hydrogen (secondary N) is 2. The number of ether oxygens (including phenoxy) is 1. The largest absolute Gasteiger partial charge is 0.489 e. The van der Waals surface area contributed by atoms with Crippen molar-refractivity contribution in [2.45, 2.75) is 25.4 Å². The number of carbonyl (C=O) groups is 1. The summed E-state index contributed by atoms with van der Waals surface area (Å²) in [6.45, 7) is 2.28. The van der Waals surface area contributed by atoms with Crippen molar-refractivity contribution in [2.24, 2.45) is 0 Å². The first kappa shape index (κ1) is 21.0. The summed E-state index contributed by atoms with van der Waals surface area (Å²) in [6.07, 6.45) is 2.84. The van der Waals surface area contributed by atoms with Gasteiger partial charge in [0.25, 0.3) is 5.91 Å². The van der Waals surface area contributed by atoms with Gasteiger partial charge in [-0.3, -0.25) is 4.79 Å². The fourth-order valence-electron chi connectivity index (χ4n) is 3.14. The molecule has 0 aromatic heterocycles. The van der Waals surface area contributed by atoms with Gasteiger partial charge in [-0.1, -0.05) is 61.2 Å². The van der Waals surface area contributed by atoms with E-state index in [0.717, 1.165) is 17.7 Å². The van der Waals surface area contributed by atoms with Gasteiger partial charge in [0.15, 0.2) is 5.50 Å². The highest BCUT2D eigenvalue weighted by Gasteiger charge is 2.27. The Morgan fingerprint density at radius 1 is 1.06 bits per heavy atom. The van der Waals surface area contributed by atoms with E-state index >= 15 is 0 Å². The van der Waals surface area contributed by atoms with E-state index in [1.165, 1.54) is 23.4 Å². The summed E-state index contributed by atoms with van der Waals surface area (Å²) in [5.74, 6) is 0.258. The number of halogens is 1. The van der Waals surface area contributed by atoms with E-state index in [-0.39, 0.29) is 23.8 Å². The van der Waals surface area contributed by atoms with E-state index in [1.54, 1.807) is 18.2 Å². The van der Waals surface area contributed by atoms with Crippen LogP contribution in [0.3, 0.4) is 0 Å². The van der Waals surface area contributed by atoms with Gasteiger partial charge in [-0.25, -0.2) is 4.39 Å². The summed E-state index contributed by atoms with van der Waals surface area (Å²) in [7, 11) is 0. The van der Waals surface area contributed by atoms with Gasteiger partial charge in [0.05, 0.1) is 4.91 Å². The van der Waals surface area contributed by atoms with Crippen LogP contribution in [0.15, 0.2) is 77.7 Å². The molecule has 158 valence electrons. The third kappa shape index (κ3) is 5.47. The van der Waals surface area contributed by atoms with E-state index in [0.29, 0.717) is 16.2 Å². The van der Waals surface area contributed by atoms with Crippen LogP contribution in [0.4, 0.5) is 10.1 Å². The summed E-state index contributed by atoms with van der Waals surface area (Å²) in [5, 5.41) is 6.26. The topological polar surface area (TPSA) is 50.4 Å². The molecule has 0 radical (unpaired) electrons. The second kappa shape index (κ2) is 9.71. The van der Waals surface area contributed by atoms with Crippen molar-refractivity contribution in [2.75, 3.05) is 5.32 Å². The Hall–Kier alpha value is -3.25. The molecule has 1 heterocycles. The lowest BCUT2D eigenvalue weighted by Crippen LogP contribution is -2.30. The molecule has 0 bridgehead atoms. The Bertz CT molecular complexity index is 1080. The van der Waals surface area contributed by atoms with E-state index in [2.05, 4.69) is 29.7 Å². The summed E-state index contributed by atoms with van der Waals surface area (Å²) < 4.78 is 19.4. The van der Waals surface area contributed by atoms with E-state index < -0.39 is 0 Å². The highest BCUT2D eigenvalue weighted by Crippen LogP contribution is 2.30. The maximum atomic E-state index is 13.7. The van der Waals surface area contributed by atoms with Crippen molar-refractivity contribution in [3.63, 3.8) is 0 Å². The van der Waals surface area contributed by atoms with Crippen LogP contribution in [0, 0.1) is 5.82 Å². The average molecular weight is 435 g/mol. The number of hydrogen-bond acceptors (Lipinski definition) is 4. The summed E-state index contributed by atoms with van der Waals surface area (Å²) >= 11 is 1.45. The van der Waals surface area contributed by atoms with Gasteiger partial charge in [-0.2, -0.15) is 0 Å². The van der Waals surface area contributed by atoms with Gasteiger partial charge >= 0.3 is 0 Å². The van der Waals surface area contributed by atoms with Crippen molar-refractivity contribution in [3.8, 4) is 5.75 Å². The van der Waals surface area contributed by atoms with Crippen LogP contribution in [0.25, 0.3) is 6.08 Å². The molecule has 3 aromatic rings. The minimum atomic E-state index is -0.280. The standard InChI is InChI=1S/C25H23FN2O2S/c1-2-17-7-11-20(12-8-17)27-25-28-24(29)23(31-25)15-18-9-13-21(14-10-18)30-16-19-5-3-4-6-22(19)26/h3-15,25,27H,2,16H2,1H3,(H,28,29)/b23-15-/t25-/m1/s1. The van der Waals surface area contributed by atoms with Crippen molar-refractivity contribution in [1.29, 1.82) is 0 Å². The van der Waals surface area contributed by atoms with Gasteiger partial charge < -0.3 is 15.4 Å². The molecule has 1 aliphatic heterocycles.